The van der Waals surface area contributed by atoms with Crippen LogP contribution in [0.1, 0.15) is 19.4 Å². The first kappa shape index (κ1) is 22.2. The molecule has 24 heavy (non-hydrogen) atoms. The van der Waals surface area contributed by atoms with Crippen LogP contribution in [-0.2, 0) is 11.3 Å². The average Bonchev–Trinajstić information content (AvgIpc) is 2.56. The fourth-order valence-corrected chi connectivity index (χ4v) is 1.81. The molecule has 3 N–H and O–H groups in total. The van der Waals surface area contributed by atoms with Gasteiger partial charge in [0.2, 0.25) is 0 Å². The number of nitrogens with one attached hydrogen (secondary N) is 3. The fourth-order valence-electron chi connectivity index (χ4n) is 1.81. The number of guanidine groups is 1. The van der Waals surface area contributed by atoms with Crippen molar-refractivity contribution in [1.82, 2.24) is 16.0 Å². The Morgan fingerprint density at radius 1 is 1.25 bits per heavy atom. The fraction of sp³-hybridized carbons (Fsp3) is 0.412. The summed E-state index contributed by atoms with van der Waals surface area (Å²) in [6, 6.07) is 7.58. The third-order valence-corrected chi connectivity index (χ3v) is 2.82. The number of carbonyl (C=O) groups excluding carboxylic acids is 1. The molecule has 0 aliphatic rings. The zero-order valence-corrected chi connectivity index (χ0v) is 16.6. The van der Waals surface area contributed by atoms with Crippen molar-refractivity contribution in [3.05, 3.63) is 42.5 Å². The molecule has 0 spiro atoms. The Morgan fingerprint density at radius 3 is 2.67 bits per heavy atom. The Labute approximate surface area is 161 Å². The molecule has 0 bridgehead atoms. The third-order valence-electron chi connectivity index (χ3n) is 2.82. The smallest absolute Gasteiger partial charge is 0.257 e. The van der Waals surface area contributed by atoms with E-state index in [2.05, 4.69) is 27.5 Å². The Bertz CT molecular complexity index is 535. The zero-order valence-electron chi connectivity index (χ0n) is 14.3. The molecule has 0 atom stereocenters. The van der Waals surface area contributed by atoms with Gasteiger partial charge in [0.15, 0.2) is 12.6 Å². The van der Waals surface area contributed by atoms with E-state index in [1.807, 2.05) is 38.1 Å². The van der Waals surface area contributed by atoms with E-state index in [1.54, 1.807) is 6.08 Å². The van der Waals surface area contributed by atoms with Crippen LogP contribution >= 0.6 is 24.0 Å². The van der Waals surface area contributed by atoms with Crippen molar-refractivity contribution in [1.29, 1.82) is 0 Å². The summed E-state index contributed by atoms with van der Waals surface area (Å²) in [5.41, 5.74) is 1.01. The summed E-state index contributed by atoms with van der Waals surface area (Å²) < 4.78 is 5.48. The van der Waals surface area contributed by atoms with Crippen LogP contribution in [0.2, 0.25) is 0 Å². The Hall–Kier alpha value is -1.77. The Balaban J connectivity index is 0.00000529. The molecule has 7 heteroatoms. The molecule has 0 fully saturated rings. The van der Waals surface area contributed by atoms with E-state index in [-0.39, 0.29) is 36.5 Å². The molecular formula is C17H27IN4O2. The molecule has 6 nitrogen and oxygen atoms in total. The van der Waals surface area contributed by atoms with Crippen LogP contribution in [0, 0.1) is 0 Å². The summed E-state index contributed by atoms with van der Waals surface area (Å²) in [7, 11) is 0. The van der Waals surface area contributed by atoms with Crippen molar-refractivity contribution in [2.24, 2.45) is 4.99 Å². The molecule has 0 radical (unpaired) electrons. The highest BCUT2D eigenvalue weighted by molar-refractivity contribution is 14.0. The summed E-state index contributed by atoms with van der Waals surface area (Å²) >= 11 is 0. The van der Waals surface area contributed by atoms with Gasteiger partial charge in [0, 0.05) is 19.6 Å². The predicted molar refractivity (Wildman–Crippen MR) is 109 cm³/mol. The van der Waals surface area contributed by atoms with E-state index in [0.717, 1.165) is 18.1 Å². The molecule has 0 unspecified atom stereocenters. The molecule has 0 aromatic heterocycles. The largest absolute Gasteiger partial charge is 0.484 e. The molecular weight excluding hydrogens is 419 g/mol. The van der Waals surface area contributed by atoms with Crippen molar-refractivity contribution < 1.29 is 9.53 Å². The number of aliphatic imine (C=N–C) groups is 1. The van der Waals surface area contributed by atoms with Crippen LogP contribution in [-0.4, -0.2) is 38.1 Å². The summed E-state index contributed by atoms with van der Waals surface area (Å²) in [6.45, 7) is 10.1. The highest BCUT2D eigenvalue weighted by Crippen LogP contribution is 2.14. The highest BCUT2D eigenvalue weighted by Gasteiger charge is 2.02. The third kappa shape index (κ3) is 9.39. The first-order chi connectivity index (χ1) is 11.2. The second-order valence-electron chi connectivity index (χ2n) is 4.75. The van der Waals surface area contributed by atoms with Crippen LogP contribution in [0.15, 0.2) is 41.9 Å². The minimum absolute atomic E-state index is 0. The van der Waals surface area contributed by atoms with Crippen molar-refractivity contribution in [3.63, 3.8) is 0 Å². The molecule has 0 saturated heterocycles. The summed E-state index contributed by atoms with van der Waals surface area (Å²) in [4.78, 5) is 15.9. The summed E-state index contributed by atoms with van der Waals surface area (Å²) in [5, 5.41) is 9.00. The van der Waals surface area contributed by atoms with Gasteiger partial charge in [-0.15, -0.1) is 30.6 Å². The normalized spacial score (nSPS) is 10.3. The van der Waals surface area contributed by atoms with E-state index in [0.29, 0.717) is 25.4 Å². The first-order valence-electron chi connectivity index (χ1n) is 7.81. The number of ether oxygens (including phenoxy) is 1. The number of hydrogen-bond donors (Lipinski definition) is 3. The maximum absolute atomic E-state index is 11.4. The van der Waals surface area contributed by atoms with E-state index in [1.165, 1.54) is 0 Å². The van der Waals surface area contributed by atoms with Crippen LogP contribution < -0.4 is 20.7 Å². The number of hydrogen-bond acceptors (Lipinski definition) is 3. The number of likely N-dealkylation sites (N-methyl/N-ethyl adjacent to an activating group) is 1. The maximum atomic E-state index is 11.4. The van der Waals surface area contributed by atoms with Crippen molar-refractivity contribution in [3.8, 4) is 5.75 Å². The van der Waals surface area contributed by atoms with E-state index >= 15 is 0 Å². The lowest BCUT2D eigenvalue weighted by molar-refractivity contribution is -0.122. The SMILES string of the molecule is C=CCNC(=NCc1cccc(OCC(=O)NCC)c1)NCC.I. The second-order valence-corrected chi connectivity index (χ2v) is 4.75. The topological polar surface area (TPSA) is 74.8 Å². The van der Waals surface area contributed by atoms with Crippen molar-refractivity contribution >= 4 is 35.8 Å². The van der Waals surface area contributed by atoms with Gasteiger partial charge in [-0.2, -0.15) is 0 Å². The minimum atomic E-state index is -0.126. The van der Waals surface area contributed by atoms with E-state index < -0.39 is 0 Å². The molecule has 1 aromatic rings. The molecule has 134 valence electrons. The Kier molecular flexibility index (Phi) is 12.6. The maximum Gasteiger partial charge on any atom is 0.257 e. The lowest BCUT2D eigenvalue weighted by Gasteiger charge is -2.10. The number of rotatable bonds is 9. The van der Waals surface area contributed by atoms with Gasteiger partial charge in [-0.25, -0.2) is 4.99 Å². The molecule has 0 saturated carbocycles. The molecule has 1 aromatic carbocycles. The number of nitrogens with zero attached hydrogens (tertiary/aromatic N) is 1. The number of carbonyl (C=O) groups is 1. The number of halogens is 1. The van der Waals surface area contributed by atoms with Crippen molar-refractivity contribution in [2.45, 2.75) is 20.4 Å². The lowest BCUT2D eigenvalue weighted by Crippen LogP contribution is -2.37. The average molecular weight is 446 g/mol. The monoisotopic (exact) mass is 446 g/mol. The van der Waals surface area contributed by atoms with Crippen LogP contribution in [0.5, 0.6) is 5.75 Å². The van der Waals surface area contributed by atoms with E-state index in [4.69, 9.17) is 4.74 Å². The quantitative estimate of drug-likeness (QED) is 0.235. The standard InChI is InChI=1S/C17H26N4O2.HI/c1-4-10-20-17(19-6-3)21-12-14-8-7-9-15(11-14)23-13-16(22)18-5-2;/h4,7-9,11H,1,5-6,10,12-13H2,2-3H3,(H,18,22)(H2,19,20,21);1H. The molecule has 0 aliphatic carbocycles. The van der Waals surface area contributed by atoms with E-state index in [9.17, 15) is 4.79 Å². The lowest BCUT2D eigenvalue weighted by atomic mass is 10.2. The molecule has 0 heterocycles. The second kappa shape index (κ2) is 13.6. The van der Waals surface area contributed by atoms with Gasteiger partial charge >= 0.3 is 0 Å². The molecule has 1 amide bonds. The predicted octanol–water partition coefficient (Wildman–Crippen LogP) is 2.06. The van der Waals surface area contributed by atoms with Gasteiger partial charge in [0.05, 0.1) is 6.54 Å². The molecule has 0 aliphatic heterocycles. The Morgan fingerprint density at radius 2 is 2.00 bits per heavy atom. The van der Waals surface area contributed by atoms with Gasteiger partial charge in [0.25, 0.3) is 5.91 Å². The van der Waals surface area contributed by atoms with Crippen LogP contribution in [0.4, 0.5) is 0 Å². The molecule has 1 rings (SSSR count). The number of amides is 1. The number of benzene rings is 1. The first-order valence-corrected chi connectivity index (χ1v) is 7.81. The van der Waals surface area contributed by atoms with Gasteiger partial charge < -0.3 is 20.7 Å². The van der Waals surface area contributed by atoms with Crippen LogP contribution in [0.25, 0.3) is 0 Å². The van der Waals surface area contributed by atoms with Gasteiger partial charge in [-0.05, 0) is 31.5 Å². The van der Waals surface area contributed by atoms with Gasteiger partial charge in [-0.1, -0.05) is 18.2 Å². The summed E-state index contributed by atoms with van der Waals surface area (Å²) in [5.74, 6) is 1.27. The van der Waals surface area contributed by atoms with Gasteiger partial charge in [-0.3, -0.25) is 4.79 Å². The highest BCUT2D eigenvalue weighted by atomic mass is 127. The summed E-state index contributed by atoms with van der Waals surface area (Å²) in [6.07, 6.45) is 1.78. The van der Waals surface area contributed by atoms with Crippen molar-refractivity contribution in [2.75, 3.05) is 26.2 Å². The minimum Gasteiger partial charge on any atom is -0.484 e. The van der Waals surface area contributed by atoms with Crippen LogP contribution in [0.3, 0.4) is 0 Å². The zero-order chi connectivity index (χ0) is 16.9. The van der Waals surface area contributed by atoms with Gasteiger partial charge in [0.1, 0.15) is 5.75 Å².